The van der Waals surface area contributed by atoms with Gasteiger partial charge in [0.15, 0.2) is 17.3 Å². The Hall–Kier alpha value is -2.97. The van der Waals surface area contributed by atoms with Crippen LogP contribution in [0.1, 0.15) is 28.8 Å². The minimum absolute atomic E-state index is 0.0224. The van der Waals surface area contributed by atoms with Crippen LogP contribution in [0.3, 0.4) is 0 Å². The van der Waals surface area contributed by atoms with Crippen LogP contribution in [0, 0.1) is 11.6 Å². The summed E-state index contributed by atoms with van der Waals surface area (Å²) in [5.41, 5.74) is -9.62. The van der Waals surface area contributed by atoms with Crippen LogP contribution >= 0.6 is 11.8 Å². The molecule has 0 bridgehead atoms. The molecule has 2 aromatic rings. The van der Waals surface area contributed by atoms with Crippen LogP contribution in [-0.4, -0.2) is 52.8 Å². The third-order valence-corrected chi connectivity index (χ3v) is 6.58. The van der Waals surface area contributed by atoms with Crippen molar-refractivity contribution in [3.63, 3.8) is 0 Å². The lowest BCUT2D eigenvalue weighted by molar-refractivity contribution is -0.276. The molecule has 0 spiro atoms. The summed E-state index contributed by atoms with van der Waals surface area (Å²) in [6, 6.07) is 2.18. The van der Waals surface area contributed by atoms with E-state index in [4.69, 9.17) is 0 Å². The number of likely N-dealkylation sites (tertiary alicyclic amines) is 1. The van der Waals surface area contributed by atoms with Gasteiger partial charge in [-0.25, -0.2) is 13.2 Å². The van der Waals surface area contributed by atoms with E-state index in [0.717, 1.165) is 6.20 Å². The number of halogens is 9. The molecular formula is C22H16F9N3O2S. The van der Waals surface area contributed by atoms with Crippen LogP contribution in [0.15, 0.2) is 35.6 Å². The van der Waals surface area contributed by atoms with Crippen LogP contribution in [-0.2, 0) is 27.1 Å². The van der Waals surface area contributed by atoms with E-state index < -0.39 is 58.5 Å². The topological polar surface area (TPSA) is 54.8 Å². The zero-order chi connectivity index (χ0) is 27.4. The van der Waals surface area contributed by atoms with E-state index in [2.05, 4.69) is 15.0 Å². The molecule has 5 nitrogen and oxygen atoms in total. The second-order valence-corrected chi connectivity index (χ2v) is 9.39. The molecule has 2 aliphatic rings. The van der Waals surface area contributed by atoms with Crippen molar-refractivity contribution >= 4 is 23.4 Å². The zero-order valence-electron chi connectivity index (χ0n) is 18.7. The average Bonchev–Trinajstić information content (AvgIpc) is 3.25. The third-order valence-electron chi connectivity index (χ3n) is 6.05. The molecule has 2 aliphatic heterocycles. The quantitative estimate of drug-likeness (QED) is 0.467. The molecule has 0 N–H and O–H groups in total. The number of benzene rings is 1. The lowest BCUT2D eigenvalue weighted by atomic mass is 9.85. The fraction of sp³-hybridized carbons (Fsp3) is 0.409. The molecular weight excluding hydrogens is 541 g/mol. The van der Waals surface area contributed by atoms with Gasteiger partial charge in [0.05, 0.1) is 42.2 Å². The largest absolute Gasteiger partial charge is 0.435 e. The maximum atomic E-state index is 15.1. The number of thioether (sulfide) groups is 1. The molecule has 0 aliphatic carbocycles. The van der Waals surface area contributed by atoms with E-state index in [0.29, 0.717) is 0 Å². The summed E-state index contributed by atoms with van der Waals surface area (Å²) in [7, 11) is 0. The Labute approximate surface area is 207 Å². The number of aromatic nitrogens is 1. The van der Waals surface area contributed by atoms with Gasteiger partial charge in [0.2, 0.25) is 5.91 Å². The number of alkyl halides is 7. The SMILES string of the molecule is CSCC(=O)N1CC(F)(c2ccc(C3=NOC(c4cc(F)c(F)c(C(F)(F)F)c4)(C(F)(F)F)C3)cn2)C1. The molecule has 1 aromatic heterocycles. The number of carbonyl (C=O) groups excluding carboxylic acids is 1. The number of rotatable bonds is 5. The van der Waals surface area contributed by atoms with Gasteiger partial charge >= 0.3 is 12.4 Å². The number of hydrogen-bond donors (Lipinski definition) is 0. The van der Waals surface area contributed by atoms with E-state index in [1.807, 2.05) is 0 Å². The molecule has 200 valence electrons. The minimum atomic E-state index is -5.48. The van der Waals surface area contributed by atoms with Gasteiger partial charge in [-0.1, -0.05) is 5.16 Å². The molecule has 1 fully saturated rings. The van der Waals surface area contributed by atoms with Gasteiger partial charge in [-0.2, -0.15) is 38.1 Å². The monoisotopic (exact) mass is 557 g/mol. The van der Waals surface area contributed by atoms with Gasteiger partial charge < -0.3 is 9.74 Å². The highest BCUT2D eigenvalue weighted by Crippen LogP contribution is 2.50. The lowest BCUT2D eigenvalue weighted by Gasteiger charge is -2.43. The number of oxime groups is 1. The molecule has 15 heteroatoms. The summed E-state index contributed by atoms with van der Waals surface area (Å²) in [6.07, 6.45) is -9.33. The van der Waals surface area contributed by atoms with E-state index in [1.54, 1.807) is 6.26 Å². The normalized spacial score (nSPS) is 21.4. The number of amides is 1. The number of pyridine rings is 1. The van der Waals surface area contributed by atoms with Gasteiger partial charge in [-0.3, -0.25) is 9.78 Å². The van der Waals surface area contributed by atoms with Gasteiger partial charge in [0, 0.05) is 17.3 Å². The van der Waals surface area contributed by atoms with Crippen LogP contribution in [0.25, 0.3) is 0 Å². The highest BCUT2D eigenvalue weighted by atomic mass is 32.2. The van der Waals surface area contributed by atoms with Crippen molar-refractivity contribution in [1.82, 2.24) is 9.88 Å². The number of carbonyl (C=O) groups is 1. The van der Waals surface area contributed by atoms with Gasteiger partial charge in [0.25, 0.3) is 5.60 Å². The van der Waals surface area contributed by atoms with Gasteiger partial charge in [-0.05, 0) is 30.5 Å². The molecule has 1 aromatic carbocycles. The van der Waals surface area contributed by atoms with Crippen LogP contribution in [0.4, 0.5) is 39.5 Å². The van der Waals surface area contributed by atoms with E-state index in [1.165, 1.54) is 28.8 Å². The second-order valence-electron chi connectivity index (χ2n) is 8.53. The van der Waals surface area contributed by atoms with Crippen molar-refractivity contribution in [1.29, 1.82) is 0 Å². The van der Waals surface area contributed by atoms with Crippen LogP contribution in [0.2, 0.25) is 0 Å². The van der Waals surface area contributed by atoms with Crippen molar-refractivity contribution in [3.05, 3.63) is 64.5 Å². The molecule has 1 saturated heterocycles. The van der Waals surface area contributed by atoms with E-state index in [-0.39, 0.29) is 48.1 Å². The summed E-state index contributed by atoms with van der Waals surface area (Å²) in [5.74, 6) is -4.58. The number of nitrogens with zero attached hydrogens (tertiary/aromatic N) is 3. The Balaban J connectivity index is 1.59. The highest BCUT2D eigenvalue weighted by molar-refractivity contribution is 7.99. The Morgan fingerprint density at radius 2 is 1.81 bits per heavy atom. The van der Waals surface area contributed by atoms with E-state index >= 15 is 4.39 Å². The predicted molar refractivity (Wildman–Crippen MR) is 113 cm³/mol. The van der Waals surface area contributed by atoms with Crippen molar-refractivity contribution in [2.45, 2.75) is 30.0 Å². The number of hydrogen-bond acceptors (Lipinski definition) is 5. The average molecular weight is 557 g/mol. The highest BCUT2D eigenvalue weighted by Gasteiger charge is 2.63. The zero-order valence-corrected chi connectivity index (χ0v) is 19.5. The second kappa shape index (κ2) is 9.10. The maximum Gasteiger partial charge on any atom is 0.435 e. The van der Waals surface area contributed by atoms with Crippen molar-refractivity contribution in [2.24, 2.45) is 5.16 Å². The first kappa shape index (κ1) is 27.1. The summed E-state index contributed by atoms with van der Waals surface area (Å²) in [6.45, 7) is -0.505. The molecule has 1 unspecified atom stereocenters. The van der Waals surface area contributed by atoms with Gasteiger partial charge in [-0.15, -0.1) is 0 Å². The molecule has 1 amide bonds. The fourth-order valence-corrected chi connectivity index (χ4v) is 4.46. The first-order valence-corrected chi connectivity index (χ1v) is 11.8. The smallest absolute Gasteiger partial charge is 0.374 e. The lowest BCUT2D eigenvalue weighted by Crippen LogP contribution is -2.59. The standard InChI is InChI=1S/C22H16F9N3O2S/c1-37-8-17(35)34-9-19(25,10-34)16-3-2-11(7-32-16)15-6-20(36-33-15,22(29,30)31)12-4-13(21(26,27)28)18(24)14(23)5-12/h2-5,7H,6,8-10H2,1H3. The van der Waals surface area contributed by atoms with Crippen molar-refractivity contribution in [2.75, 3.05) is 25.1 Å². The Kier molecular flexibility index (Phi) is 6.66. The minimum Gasteiger partial charge on any atom is -0.374 e. The summed E-state index contributed by atoms with van der Waals surface area (Å²) in [5, 5.41) is 3.34. The van der Waals surface area contributed by atoms with Crippen LogP contribution in [0.5, 0.6) is 0 Å². The molecule has 37 heavy (non-hydrogen) atoms. The third kappa shape index (κ3) is 4.73. The molecule has 1 atom stereocenters. The maximum absolute atomic E-state index is 15.1. The molecule has 3 heterocycles. The summed E-state index contributed by atoms with van der Waals surface area (Å²) in [4.78, 5) is 21.6. The first-order valence-electron chi connectivity index (χ1n) is 10.4. The Morgan fingerprint density at radius 1 is 1.14 bits per heavy atom. The van der Waals surface area contributed by atoms with Crippen LogP contribution < -0.4 is 0 Å². The first-order chi connectivity index (χ1) is 17.1. The predicted octanol–water partition coefficient (Wildman–Crippen LogP) is 5.33. The van der Waals surface area contributed by atoms with E-state index in [9.17, 15) is 39.9 Å². The Morgan fingerprint density at radius 3 is 2.35 bits per heavy atom. The Bertz CT molecular complexity index is 1240. The fourth-order valence-electron chi connectivity index (χ4n) is 4.03. The summed E-state index contributed by atoms with van der Waals surface area (Å²) < 4.78 is 124. The molecule has 4 rings (SSSR count). The van der Waals surface area contributed by atoms with Crippen molar-refractivity contribution in [3.8, 4) is 0 Å². The molecule has 0 saturated carbocycles. The van der Waals surface area contributed by atoms with Gasteiger partial charge in [0.1, 0.15) is 0 Å². The van der Waals surface area contributed by atoms with Crippen molar-refractivity contribution < 1.29 is 49.1 Å². The molecule has 0 radical (unpaired) electrons. The summed E-state index contributed by atoms with van der Waals surface area (Å²) >= 11 is 1.27.